The van der Waals surface area contributed by atoms with Gasteiger partial charge in [-0.3, -0.25) is 0 Å². The first-order valence-corrected chi connectivity index (χ1v) is 6.64. The van der Waals surface area contributed by atoms with Gasteiger partial charge < -0.3 is 10.1 Å². The van der Waals surface area contributed by atoms with Crippen LogP contribution >= 0.6 is 0 Å². The van der Waals surface area contributed by atoms with E-state index in [0.717, 1.165) is 6.42 Å². The molecule has 1 aromatic carbocycles. The zero-order valence-electron chi connectivity index (χ0n) is 12.8. The highest BCUT2D eigenvalue weighted by atomic mass is 16.6. The Hall–Kier alpha value is -1.51. The molecular formula is C16H25NO2. The molecule has 0 heterocycles. The Bertz CT molecular complexity index is 427. The van der Waals surface area contributed by atoms with Crippen LogP contribution in [0.5, 0.6) is 0 Å². The van der Waals surface area contributed by atoms with Gasteiger partial charge in [-0.1, -0.05) is 29.8 Å². The minimum atomic E-state index is -0.468. The fourth-order valence-corrected chi connectivity index (χ4v) is 1.84. The van der Waals surface area contributed by atoms with E-state index in [0.29, 0.717) is 0 Å². The molecule has 0 atom stereocenters. The molecule has 0 saturated heterocycles. The summed E-state index contributed by atoms with van der Waals surface area (Å²) in [5.41, 5.74) is 1.63. The SMILES string of the molecule is Cc1ccc(CC(C)(C)NC(=O)OC(C)(C)C)cc1. The van der Waals surface area contributed by atoms with Crippen molar-refractivity contribution in [1.82, 2.24) is 5.32 Å². The van der Waals surface area contributed by atoms with Crippen molar-refractivity contribution >= 4 is 6.09 Å². The summed E-state index contributed by atoms with van der Waals surface area (Å²) in [5.74, 6) is 0. The molecule has 0 aliphatic carbocycles. The minimum absolute atomic E-state index is 0.336. The first-order chi connectivity index (χ1) is 8.57. The van der Waals surface area contributed by atoms with E-state index in [2.05, 4.69) is 36.5 Å². The largest absolute Gasteiger partial charge is 0.444 e. The van der Waals surface area contributed by atoms with Crippen LogP contribution in [0.4, 0.5) is 4.79 Å². The maximum absolute atomic E-state index is 11.8. The molecule has 3 heteroatoms. The van der Waals surface area contributed by atoms with Gasteiger partial charge in [0.15, 0.2) is 0 Å². The molecule has 1 N–H and O–H groups in total. The second-order valence-corrected chi connectivity index (χ2v) is 6.67. The number of alkyl carbamates (subject to hydrolysis) is 1. The number of rotatable bonds is 3. The van der Waals surface area contributed by atoms with Crippen molar-refractivity contribution in [3.63, 3.8) is 0 Å². The van der Waals surface area contributed by atoms with E-state index in [-0.39, 0.29) is 11.6 Å². The smallest absolute Gasteiger partial charge is 0.408 e. The predicted octanol–water partition coefficient (Wildman–Crippen LogP) is 3.84. The highest BCUT2D eigenvalue weighted by Gasteiger charge is 2.24. The van der Waals surface area contributed by atoms with Crippen LogP contribution in [-0.2, 0) is 11.2 Å². The molecule has 19 heavy (non-hydrogen) atoms. The van der Waals surface area contributed by atoms with Crippen LogP contribution in [0.1, 0.15) is 45.7 Å². The zero-order valence-corrected chi connectivity index (χ0v) is 12.8. The number of hydrogen-bond acceptors (Lipinski definition) is 2. The average Bonchev–Trinajstić information content (AvgIpc) is 2.17. The minimum Gasteiger partial charge on any atom is -0.444 e. The summed E-state index contributed by atoms with van der Waals surface area (Å²) in [4.78, 5) is 11.8. The number of hydrogen-bond donors (Lipinski definition) is 1. The Kier molecular flexibility index (Phi) is 4.61. The Balaban J connectivity index is 2.61. The van der Waals surface area contributed by atoms with Crippen molar-refractivity contribution < 1.29 is 9.53 Å². The Labute approximate surface area is 116 Å². The maximum Gasteiger partial charge on any atom is 0.408 e. The molecule has 3 nitrogen and oxygen atoms in total. The second-order valence-electron chi connectivity index (χ2n) is 6.67. The maximum atomic E-state index is 11.8. The number of nitrogens with one attached hydrogen (secondary N) is 1. The molecule has 0 radical (unpaired) electrons. The van der Waals surface area contributed by atoms with E-state index in [1.807, 2.05) is 34.6 Å². The van der Waals surface area contributed by atoms with E-state index in [9.17, 15) is 4.79 Å². The number of amides is 1. The summed E-state index contributed by atoms with van der Waals surface area (Å²) < 4.78 is 5.28. The third-order valence-corrected chi connectivity index (χ3v) is 2.61. The third kappa shape index (κ3) is 6.27. The lowest BCUT2D eigenvalue weighted by Gasteiger charge is -2.28. The van der Waals surface area contributed by atoms with E-state index < -0.39 is 5.60 Å². The molecule has 0 unspecified atom stereocenters. The fourth-order valence-electron chi connectivity index (χ4n) is 1.84. The molecule has 0 saturated carbocycles. The van der Waals surface area contributed by atoms with Crippen LogP contribution < -0.4 is 5.32 Å². The van der Waals surface area contributed by atoms with Crippen molar-refractivity contribution in [1.29, 1.82) is 0 Å². The molecule has 1 amide bonds. The van der Waals surface area contributed by atoms with Gasteiger partial charge in [-0.25, -0.2) is 4.79 Å². The summed E-state index contributed by atoms with van der Waals surface area (Å²) >= 11 is 0. The van der Waals surface area contributed by atoms with Gasteiger partial charge in [-0.15, -0.1) is 0 Å². The Morgan fingerprint density at radius 1 is 1.11 bits per heavy atom. The van der Waals surface area contributed by atoms with E-state index >= 15 is 0 Å². The molecule has 0 fully saturated rings. The normalized spacial score (nSPS) is 12.1. The van der Waals surface area contributed by atoms with Crippen LogP contribution in [0.25, 0.3) is 0 Å². The van der Waals surface area contributed by atoms with Crippen LogP contribution in [0.3, 0.4) is 0 Å². The van der Waals surface area contributed by atoms with Gasteiger partial charge in [0, 0.05) is 5.54 Å². The van der Waals surface area contributed by atoms with Gasteiger partial charge in [-0.05, 0) is 53.5 Å². The summed E-state index contributed by atoms with van der Waals surface area (Å²) in [6, 6.07) is 8.35. The van der Waals surface area contributed by atoms with Gasteiger partial charge in [0.25, 0.3) is 0 Å². The highest BCUT2D eigenvalue weighted by Crippen LogP contribution is 2.15. The van der Waals surface area contributed by atoms with Gasteiger partial charge in [-0.2, -0.15) is 0 Å². The Morgan fingerprint density at radius 2 is 1.63 bits per heavy atom. The molecule has 0 spiro atoms. The average molecular weight is 263 g/mol. The lowest BCUT2D eigenvalue weighted by Crippen LogP contribution is -2.47. The number of benzene rings is 1. The summed E-state index contributed by atoms with van der Waals surface area (Å²) in [6.45, 7) is 11.6. The van der Waals surface area contributed by atoms with E-state index in [4.69, 9.17) is 4.74 Å². The van der Waals surface area contributed by atoms with Crippen LogP contribution in [0.2, 0.25) is 0 Å². The third-order valence-electron chi connectivity index (χ3n) is 2.61. The van der Waals surface area contributed by atoms with Crippen LogP contribution in [-0.4, -0.2) is 17.2 Å². The second kappa shape index (κ2) is 5.64. The zero-order chi connectivity index (χ0) is 14.7. The predicted molar refractivity (Wildman–Crippen MR) is 78.3 cm³/mol. The number of carbonyl (C=O) groups is 1. The van der Waals surface area contributed by atoms with Crippen molar-refractivity contribution in [3.05, 3.63) is 35.4 Å². The summed E-state index contributed by atoms with van der Waals surface area (Å²) in [7, 11) is 0. The number of aryl methyl sites for hydroxylation is 1. The molecule has 0 aromatic heterocycles. The van der Waals surface area contributed by atoms with Crippen LogP contribution in [0.15, 0.2) is 24.3 Å². The van der Waals surface area contributed by atoms with E-state index in [1.165, 1.54) is 11.1 Å². The highest BCUT2D eigenvalue weighted by molar-refractivity contribution is 5.68. The Morgan fingerprint density at radius 3 is 2.11 bits per heavy atom. The number of ether oxygens (including phenoxy) is 1. The van der Waals surface area contributed by atoms with Gasteiger partial charge >= 0.3 is 6.09 Å². The molecular weight excluding hydrogens is 238 g/mol. The van der Waals surface area contributed by atoms with Gasteiger partial charge in [0.2, 0.25) is 0 Å². The monoisotopic (exact) mass is 263 g/mol. The van der Waals surface area contributed by atoms with Gasteiger partial charge in [0.05, 0.1) is 0 Å². The topological polar surface area (TPSA) is 38.3 Å². The molecule has 1 rings (SSSR count). The lowest BCUT2D eigenvalue weighted by molar-refractivity contribution is 0.0472. The molecule has 0 aliphatic heterocycles. The fraction of sp³-hybridized carbons (Fsp3) is 0.562. The van der Waals surface area contributed by atoms with Gasteiger partial charge in [0.1, 0.15) is 5.60 Å². The van der Waals surface area contributed by atoms with Crippen molar-refractivity contribution in [2.45, 2.75) is 59.1 Å². The molecule has 0 bridgehead atoms. The number of carbonyl (C=O) groups excluding carboxylic acids is 1. The lowest BCUT2D eigenvalue weighted by atomic mass is 9.94. The first kappa shape index (κ1) is 15.5. The summed E-state index contributed by atoms with van der Waals surface area (Å²) in [5, 5.41) is 2.91. The standard InChI is InChI=1S/C16H25NO2/c1-12-7-9-13(10-8-12)11-16(5,6)17-14(18)19-15(2,3)4/h7-10H,11H2,1-6H3,(H,17,18). The van der Waals surface area contributed by atoms with Crippen LogP contribution in [0, 0.1) is 6.92 Å². The quantitative estimate of drug-likeness (QED) is 0.899. The van der Waals surface area contributed by atoms with Crippen molar-refractivity contribution in [2.24, 2.45) is 0 Å². The molecule has 1 aromatic rings. The molecule has 106 valence electrons. The van der Waals surface area contributed by atoms with E-state index in [1.54, 1.807) is 0 Å². The first-order valence-electron chi connectivity index (χ1n) is 6.64. The molecule has 0 aliphatic rings. The summed E-state index contributed by atoms with van der Waals surface area (Å²) in [6.07, 6.45) is 0.400. The van der Waals surface area contributed by atoms with Crippen molar-refractivity contribution in [3.8, 4) is 0 Å². The van der Waals surface area contributed by atoms with Crippen molar-refractivity contribution in [2.75, 3.05) is 0 Å².